The molecule has 0 unspecified atom stereocenters. The topological polar surface area (TPSA) is 43.8 Å². The van der Waals surface area contributed by atoms with Crippen LogP contribution in [-0.2, 0) is 13.6 Å². The lowest BCUT2D eigenvalue weighted by atomic mass is 9.96. The van der Waals surface area contributed by atoms with Gasteiger partial charge < -0.3 is 10.3 Å². The molecule has 90 valence electrons. The molecule has 1 aromatic heterocycles. The maximum Gasteiger partial charge on any atom is 0.0952 e. The van der Waals surface area contributed by atoms with Gasteiger partial charge >= 0.3 is 0 Å². The fraction of sp³-hybridized carbons (Fsp3) is 0.357. The zero-order chi connectivity index (χ0) is 12.6. The number of nitrogens with zero attached hydrogens (tertiary/aromatic N) is 2. The van der Waals surface area contributed by atoms with E-state index >= 15 is 0 Å². The van der Waals surface area contributed by atoms with E-state index in [0.29, 0.717) is 6.54 Å². The molecule has 0 saturated carbocycles. The summed E-state index contributed by atoms with van der Waals surface area (Å²) in [6.45, 7) is 6.93. The number of hydrogen-bond acceptors (Lipinski definition) is 2. The predicted molar refractivity (Wildman–Crippen MR) is 70.7 cm³/mol. The molecule has 2 N–H and O–H groups in total. The molecular weight excluding hydrogens is 210 g/mol. The molecule has 0 aliphatic rings. The molecule has 3 heteroatoms. The van der Waals surface area contributed by atoms with Gasteiger partial charge in [0.2, 0.25) is 0 Å². The van der Waals surface area contributed by atoms with Gasteiger partial charge in [-0.1, -0.05) is 12.1 Å². The van der Waals surface area contributed by atoms with Crippen molar-refractivity contribution in [3.05, 3.63) is 40.8 Å². The second-order valence-corrected chi connectivity index (χ2v) is 4.53. The van der Waals surface area contributed by atoms with E-state index in [4.69, 9.17) is 5.73 Å². The fourth-order valence-electron chi connectivity index (χ4n) is 2.19. The molecule has 17 heavy (non-hydrogen) atoms. The Morgan fingerprint density at radius 1 is 1.18 bits per heavy atom. The predicted octanol–water partition coefficient (Wildman–Crippen LogP) is 2.47. The zero-order valence-electron chi connectivity index (χ0n) is 10.9. The highest BCUT2D eigenvalue weighted by molar-refractivity contribution is 5.68. The molecule has 0 bridgehead atoms. The molecular formula is C14H19N3. The maximum atomic E-state index is 5.74. The summed E-state index contributed by atoms with van der Waals surface area (Å²) in [7, 11) is 2.01. The van der Waals surface area contributed by atoms with Crippen molar-refractivity contribution in [1.29, 1.82) is 0 Å². The minimum absolute atomic E-state index is 0.475. The lowest BCUT2D eigenvalue weighted by molar-refractivity contribution is 0.918. The molecule has 0 fully saturated rings. The summed E-state index contributed by atoms with van der Waals surface area (Å²) >= 11 is 0. The lowest BCUT2D eigenvalue weighted by Crippen LogP contribution is -2.02. The summed E-state index contributed by atoms with van der Waals surface area (Å²) in [4.78, 5) is 4.34. The van der Waals surface area contributed by atoms with Crippen molar-refractivity contribution in [1.82, 2.24) is 9.55 Å². The van der Waals surface area contributed by atoms with Crippen molar-refractivity contribution >= 4 is 0 Å². The standard InChI is InChI=1S/C14H19N3/c1-9-5-6-12(11(3)10(9)2)14-13(7-15)16-8-17(14)4/h5-6,8H,7,15H2,1-4H3. The Bertz CT molecular complexity index is 553. The van der Waals surface area contributed by atoms with Crippen LogP contribution in [0.1, 0.15) is 22.4 Å². The van der Waals surface area contributed by atoms with Crippen LogP contribution in [-0.4, -0.2) is 9.55 Å². The largest absolute Gasteiger partial charge is 0.333 e. The van der Waals surface area contributed by atoms with E-state index in [1.807, 2.05) is 17.9 Å². The van der Waals surface area contributed by atoms with Crippen LogP contribution in [0.5, 0.6) is 0 Å². The second-order valence-electron chi connectivity index (χ2n) is 4.53. The Labute approximate surface area is 102 Å². The number of aromatic nitrogens is 2. The average Bonchev–Trinajstić information content (AvgIpc) is 2.68. The third kappa shape index (κ3) is 1.87. The van der Waals surface area contributed by atoms with E-state index in [2.05, 4.69) is 37.9 Å². The zero-order valence-corrected chi connectivity index (χ0v) is 10.9. The number of rotatable bonds is 2. The van der Waals surface area contributed by atoms with Gasteiger partial charge in [0.1, 0.15) is 0 Å². The minimum Gasteiger partial charge on any atom is -0.333 e. The summed E-state index contributed by atoms with van der Waals surface area (Å²) in [6, 6.07) is 4.32. The Morgan fingerprint density at radius 3 is 2.53 bits per heavy atom. The van der Waals surface area contributed by atoms with E-state index < -0.39 is 0 Å². The van der Waals surface area contributed by atoms with Gasteiger partial charge in [-0.15, -0.1) is 0 Å². The molecule has 0 amide bonds. The molecule has 0 atom stereocenters. The Morgan fingerprint density at radius 2 is 1.88 bits per heavy atom. The smallest absolute Gasteiger partial charge is 0.0952 e. The number of benzene rings is 1. The summed E-state index contributed by atoms with van der Waals surface area (Å²) in [5, 5.41) is 0. The first-order valence-electron chi connectivity index (χ1n) is 5.83. The van der Waals surface area contributed by atoms with Gasteiger partial charge in [0.25, 0.3) is 0 Å². The minimum atomic E-state index is 0.475. The molecule has 0 radical (unpaired) electrons. The van der Waals surface area contributed by atoms with Gasteiger partial charge in [0.15, 0.2) is 0 Å². The number of nitrogens with two attached hydrogens (primary N) is 1. The normalized spacial score (nSPS) is 10.9. The van der Waals surface area contributed by atoms with Crippen LogP contribution >= 0.6 is 0 Å². The van der Waals surface area contributed by atoms with Gasteiger partial charge in [-0.2, -0.15) is 0 Å². The second kappa shape index (κ2) is 4.34. The Hall–Kier alpha value is -1.61. The third-order valence-corrected chi connectivity index (χ3v) is 3.52. The highest BCUT2D eigenvalue weighted by atomic mass is 15.0. The van der Waals surface area contributed by atoms with Crippen molar-refractivity contribution < 1.29 is 0 Å². The van der Waals surface area contributed by atoms with Crippen molar-refractivity contribution in [3.63, 3.8) is 0 Å². The van der Waals surface area contributed by atoms with Gasteiger partial charge in [-0.3, -0.25) is 0 Å². The quantitative estimate of drug-likeness (QED) is 0.859. The van der Waals surface area contributed by atoms with E-state index in [-0.39, 0.29) is 0 Å². The summed E-state index contributed by atoms with van der Waals surface area (Å²) in [6.07, 6.45) is 1.83. The molecule has 3 nitrogen and oxygen atoms in total. The number of imidazole rings is 1. The Balaban J connectivity index is 2.68. The van der Waals surface area contributed by atoms with Crippen molar-refractivity contribution in [2.75, 3.05) is 0 Å². The van der Waals surface area contributed by atoms with Gasteiger partial charge in [-0.05, 0) is 37.5 Å². The van der Waals surface area contributed by atoms with E-state index in [1.54, 1.807) is 0 Å². The van der Waals surface area contributed by atoms with Crippen LogP contribution < -0.4 is 5.73 Å². The number of hydrogen-bond donors (Lipinski definition) is 1. The van der Waals surface area contributed by atoms with E-state index in [9.17, 15) is 0 Å². The van der Waals surface area contributed by atoms with E-state index in [1.165, 1.54) is 22.3 Å². The van der Waals surface area contributed by atoms with Gasteiger partial charge in [0, 0.05) is 19.2 Å². The van der Waals surface area contributed by atoms with Crippen LogP contribution in [0.3, 0.4) is 0 Å². The maximum absolute atomic E-state index is 5.74. The first kappa shape index (κ1) is 11.9. The fourth-order valence-corrected chi connectivity index (χ4v) is 2.19. The van der Waals surface area contributed by atoms with Crippen LogP contribution in [0, 0.1) is 20.8 Å². The molecule has 0 spiro atoms. The average molecular weight is 229 g/mol. The molecule has 0 aliphatic heterocycles. The van der Waals surface area contributed by atoms with Gasteiger partial charge in [0.05, 0.1) is 17.7 Å². The highest BCUT2D eigenvalue weighted by Gasteiger charge is 2.13. The van der Waals surface area contributed by atoms with Crippen LogP contribution in [0.25, 0.3) is 11.3 Å². The molecule has 1 aromatic carbocycles. The Kier molecular flexibility index (Phi) is 3.03. The molecule has 1 heterocycles. The molecule has 0 saturated heterocycles. The molecule has 2 aromatic rings. The van der Waals surface area contributed by atoms with Crippen molar-refractivity contribution in [2.24, 2.45) is 12.8 Å². The lowest BCUT2D eigenvalue weighted by Gasteiger charge is -2.13. The van der Waals surface area contributed by atoms with Crippen molar-refractivity contribution in [3.8, 4) is 11.3 Å². The first-order chi connectivity index (χ1) is 8.06. The first-order valence-corrected chi connectivity index (χ1v) is 5.83. The van der Waals surface area contributed by atoms with Crippen molar-refractivity contribution in [2.45, 2.75) is 27.3 Å². The monoisotopic (exact) mass is 229 g/mol. The van der Waals surface area contributed by atoms with E-state index in [0.717, 1.165) is 11.4 Å². The SMILES string of the molecule is Cc1ccc(-c2c(CN)ncn2C)c(C)c1C. The summed E-state index contributed by atoms with van der Waals surface area (Å²) in [5.41, 5.74) is 13.0. The molecule has 0 aliphatic carbocycles. The van der Waals surface area contributed by atoms with Crippen LogP contribution in [0.4, 0.5) is 0 Å². The number of aryl methyl sites for hydroxylation is 2. The van der Waals surface area contributed by atoms with Crippen LogP contribution in [0.15, 0.2) is 18.5 Å². The summed E-state index contributed by atoms with van der Waals surface area (Å²) in [5.74, 6) is 0. The summed E-state index contributed by atoms with van der Waals surface area (Å²) < 4.78 is 2.04. The molecule has 2 rings (SSSR count). The third-order valence-electron chi connectivity index (χ3n) is 3.52. The van der Waals surface area contributed by atoms with Gasteiger partial charge in [-0.25, -0.2) is 4.98 Å². The highest BCUT2D eigenvalue weighted by Crippen LogP contribution is 2.29. The van der Waals surface area contributed by atoms with Crippen LogP contribution in [0.2, 0.25) is 0 Å².